The standard InChI is InChI=1S/C16H25N3O7/c1-8(2)17-16(23)18-15(22)10(4)26-14(21)6-11-12(7-19(24)25)9(3)5-13(11)20/h8-12H,5-7H2,1-4H3,(H2,17,18,22,23)/t9-,10+,11+,12-/m1/s1. The molecule has 2 N–H and O–H groups in total. The van der Waals surface area contributed by atoms with Crippen LogP contribution in [0.2, 0.25) is 0 Å². The van der Waals surface area contributed by atoms with Crippen LogP contribution in [-0.2, 0) is 19.1 Å². The fraction of sp³-hybridized carbons (Fsp3) is 0.750. The molecule has 0 saturated heterocycles. The van der Waals surface area contributed by atoms with Crippen LogP contribution in [-0.4, -0.2) is 47.3 Å². The van der Waals surface area contributed by atoms with Gasteiger partial charge in [-0.05, 0) is 26.7 Å². The fourth-order valence-corrected chi connectivity index (χ4v) is 2.99. The Bertz CT molecular complexity index is 590. The molecule has 0 unspecified atom stereocenters. The molecule has 0 aromatic carbocycles. The van der Waals surface area contributed by atoms with Gasteiger partial charge in [-0.2, -0.15) is 0 Å². The van der Waals surface area contributed by atoms with Gasteiger partial charge in [0.05, 0.1) is 6.42 Å². The van der Waals surface area contributed by atoms with Gasteiger partial charge in [0.1, 0.15) is 5.78 Å². The maximum Gasteiger partial charge on any atom is 0.321 e. The van der Waals surface area contributed by atoms with Gasteiger partial charge in [0.15, 0.2) is 6.10 Å². The highest BCUT2D eigenvalue weighted by Crippen LogP contribution is 2.36. The predicted octanol–water partition coefficient (Wildman–Crippen LogP) is 0.660. The number of nitro groups is 1. The maximum absolute atomic E-state index is 12.0. The number of hydrogen-bond acceptors (Lipinski definition) is 7. The van der Waals surface area contributed by atoms with Crippen LogP contribution in [0.25, 0.3) is 0 Å². The van der Waals surface area contributed by atoms with Gasteiger partial charge in [0, 0.05) is 29.2 Å². The normalized spacial score (nSPS) is 23.4. The molecule has 0 radical (unpaired) electrons. The van der Waals surface area contributed by atoms with E-state index in [2.05, 4.69) is 5.32 Å². The molecule has 0 aromatic heterocycles. The van der Waals surface area contributed by atoms with Crippen LogP contribution >= 0.6 is 0 Å². The molecule has 0 bridgehead atoms. The van der Waals surface area contributed by atoms with Gasteiger partial charge < -0.3 is 10.1 Å². The summed E-state index contributed by atoms with van der Waals surface area (Å²) < 4.78 is 4.96. The van der Waals surface area contributed by atoms with Gasteiger partial charge in [-0.15, -0.1) is 0 Å². The van der Waals surface area contributed by atoms with Crippen molar-refractivity contribution in [1.29, 1.82) is 0 Å². The highest BCUT2D eigenvalue weighted by atomic mass is 16.6. The molecule has 10 nitrogen and oxygen atoms in total. The Morgan fingerprint density at radius 3 is 2.46 bits per heavy atom. The minimum atomic E-state index is -1.23. The predicted molar refractivity (Wildman–Crippen MR) is 89.6 cm³/mol. The van der Waals surface area contributed by atoms with Crippen molar-refractivity contribution in [3.63, 3.8) is 0 Å². The highest BCUT2D eigenvalue weighted by Gasteiger charge is 2.44. The van der Waals surface area contributed by atoms with Crippen LogP contribution in [0.15, 0.2) is 0 Å². The first kappa shape index (κ1) is 21.5. The lowest BCUT2D eigenvalue weighted by molar-refractivity contribution is -0.490. The molecular formula is C16H25N3O7. The smallest absolute Gasteiger partial charge is 0.321 e. The highest BCUT2D eigenvalue weighted by molar-refractivity contribution is 5.97. The van der Waals surface area contributed by atoms with E-state index >= 15 is 0 Å². The number of amides is 3. The summed E-state index contributed by atoms with van der Waals surface area (Å²) in [5.41, 5.74) is 0. The fourth-order valence-electron chi connectivity index (χ4n) is 2.99. The Balaban J connectivity index is 2.58. The van der Waals surface area contributed by atoms with Crippen LogP contribution < -0.4 is 10.6 Å². The zero-order valence-electron chi connectivity index (χ0n) is 15.3. The largest absolute Gasteiger partial charge is 0.453 e. The molecule has 0 spiro atoms. The number of nitrogens with zero attached hydrogens (tertiary/aromatic N) is 1. The van der Waals surface area contributed by atoms with Crippen LogP contribution in [0.1, 0.15) is 40.5 Å². The molecule has 1 aliphatic rings. The second kappa shape index (κ2) is 9.25. The number of ether oxygens (including phenoxy) is 1. The van der Waals surface area contributed by atoms with E-state index in [4.69, 9.17) is 4.74 Å². The second-order valence-corrected chi connectivity index (χ2v) is 6.89. The van der Waals surface area contributed by atoms with E-state index in [0.29, 0.717) is 0 Å². The summed E-state index contributed by atoms with van der Waals surface area (Å²) in [5.74, 6) is -3.34. The molecule has 26 heavy (non-hydrogen) atoms. The van der Waals surface area contributed by atoms with Crippen molar-refractivity contribution in [2.24, 2.45) is 17.8 Å². The Labute approximate surface area is 151 Å². The maximum atomic E-state index is 12.0. The molecule has 3 amide bonds. The van der Waals surface area contributed by atoms with Gasteiger partial charge in [-0.1, -0.05) is 6.92 Å². The Morgan fingerprint density at radius 1 is 1.31 bits per heavy atom. The van der Waals surface area contributed by atoms with Crippen molar-refractivity contribution >= 4 is 23.7 Å². The summed E-state index contributed by atoms with van der Waals surface area (Å²) >= 11 is 0. The van der Waals surface area contributed by atoms with E-state index in [1.807, 2.05) is 5.32 Å². The quantitative estimate of drug-likeness (QED) is 0.380. The Hall–Kier alpha value is -2.52. The number of esters is 1. The lowest BCUT2D eigenvalue weighted by Crippen LogP contribution is -2.46. The summed E-state index contributed by atoms with van der Waals surface area (Å²) in [6.45, 7) is 6.07. The van der Waals surface area contributed by atoms with Crippen molar-refractivity contribution in [2.45, 2.75) is 52.7 Å². The third kappa shape index (κ3) is 6.41. The first-order valence-corrected chi connectivity index (χ1v) is 8.46. The van der Waals surface area contributed by atoms with Crippen molar-refractivity contribution in [2.75, 3.05) is 6.54 Å². The number of rotatable bonds is 7. The topological polar surface area (TPSA) is 145 Å². The van der Waals surface area contributed by atoms with Crippen molar-refractivity contribution in [3.05, 3.63) is 10.1 Å². The average Bonchev–Trinajstić information content (AvgIpc) is 2.72. The SMILES string of the molecule is CC(C)NC(=O)NC(=O)[C@H](C)OC(=O)C[C@@H]1C(=O)C[C@@H](C)[C@H]1C[N+](=O)[O-]. The molecule has 0 aromatic rings. The first-order chi connectivity index (χ1) is 12.0. The van der Waals surface area contributed by atoms with Crippen LogP contribution in [0.4, 0.5) is 4.79 Å². The molecule has 4 atom stereocenters. The lowest BCUT2D eigenvalue weighted by Gasteiger charge is -2.18. The molecule has 1 aliphatic carbocycles. The van der Waals surface area contributed by atoms with Gasteiger partial charge in [-0.25, -0.2) is 4.79 Å². The summed E-state index contributed by atoms with van der Waals surface area (Å²) in [6.07, 6.45) is -1.37. The lowest BCUT2D eigenvalue weighted by atomic mass is 9.88. The van der Waals surface area contributed by atoms with Crippen LogP contribution in [0, 0.1) is 27.9 Å². The van der Waals surface area contributed by atoms with Gasteiger partial charge in [0.2, 0.25) is 6.54 Å². The van der Waals surface area contributed by atoms with Crippen LogP contribution in [0.3, 0.4) is 0 Å². The number of hydrogen-bond donors (Lipinski definition) is 2. The molecule has 0 heterocycles. The summed E-state index contributed by atoms with van der Waals surface area (Å²) in [7, 11) is 0. The van der Waals surface area contributed by atoms with Crippen LogP contribution in [0.5, 0.6) is 0 Å². The summed E-state index contributed by atoms with van der Waals surface area (Å²) in [6, 6.07) is -0.881. The molecule has 10 heteroatoms. The monoisotopic (exact) mass is 371 g/mol. The first-order valence-electron chi connectivity index (χ1n) is 8.46. The Morgan fingerprint density at radius 2 is 1.92 bits per heavy atom. The van der Waals surface area contributed by atoms with E-state index in [-0.39, 0.29) is 30.6 Å². The van der Waals surface area contributed by atoms with Gasteiger partial charge >= 0.3 is 12.0 Å². The zero-order chi connectivity index (χ0) is 20.0. The number of imide groups is 1. The number of urea groups is 1. The Kier molecular flexibility index (Phi) is 7.66. The number of carbonyl (C=O) groups is 4. The average molecular weight is 371 g/mol. The van der Waals surface area contributed by atoms with Gasteiger partial charge in [-0.3, -0.25) is 29.8 Å². The van der Waals surface area contributed by atoms with Gasteiger partial charge in [0.25, 0.3) is 5.91 Å². The third-order valence-electron chi connectivity index (χ3n) is 4.26. The van der Waals surface area contributed by atoms with Crippen molar-refractivity contribution in [3.8, 4) is 0 Å². The number of ketones is 1. The molecule has 1 fully saturated rings. The molecule has 146 valence electrons. The van der Waals surface area contributed by atoms with E-state index in [1.165, 1.54) is 6.92 Å². The van der Waals surface area contributed by atoms with E-state index in [9.17, 15) is 29.3 Å². The molecule has 1 rings (SSSR count). The second-order valence-electron chi connectivity index (χ2n) is 6.89. The molecular weight excluding hydrogens is 346 g/mol. The number of nitrogens with one attached hydrogen (secondary N) is 2. The van der Waals surface area contributed by atoms with E-state index in [1.54, 1.807) is 20.8 Å². The molecule has 0 aliphatic heterocycles. The van der Waals surface area contributed by atoms with E-state index in [0.717, 1.165) is 0 Å². The van der Waals surface area contributed by atoms with Crippen molar-refractivity contribution < 1.29 is 28.8 Å². The minimum Gasteiger partial charge on any atom is -0.453 e. The zero-order valence-corrected chi connectivity index (χ0v) is 15.3. The molecule has 1 saturated carbocycles. The van der Waals surface area contributed by atoms with Crippen molar-refractivity contribution in [1.82, 2.24) is 10.6 Å². The van der Waals surface area contributed by atoms with E-state index < -0.39 is 47.3 Å². The number of Topliss-reactive ketones (excluding diaryl/α,β-unsaturated/α-hetero) is 1. The number of carbonyl (C=O) groups excluding carboxylic acids is 4. The summed E-state index contributed by atoms with van der Waals surface area (Å²) in [5, 5.41) is 15.3. The minimum absolute atomic E-state index is 0.172. The third-order valence-corrected chi connectivity index (χ3v) is 4.26. The summed E-state index contributed by atoms with van der Waals surface area (Å²) in [4.78, 5) is 57.6.